The van der Waals surface area contributed by atoms with E-state index in [0.717, 1.165) is 5.69 Å². The average molecular weight is 231 g/mol. The van der Waals surface area contributed by atoms with Crippen LogP contribution in [0, 0.1) is 0 Å². The smallest absolute Gasteiger partial charge is 0.302 e. The zero-order valence-electron chi connectivity index (χ0n) is 9.75. The summed E-state index contributed by atoms with van der Waals surface area (Å²) in [5.74, 6) is -0.262. The molecule has 0 spiro atoms. The number of hydrogen-bond donors (Lipinski definition) is 0. The van der Waals surface area contributed by atoms with Crippen molar-refractivity contribution in [3.8, 4) is 0 Å². The molecular formula is C12H13N3O2. The first kappa shape index (κ1) is 11.3. The maximum atomic E-state index is 12.0. The van der Waals surface area contributed by atoms with E-state index in [1.807, 2.05) is 37.3 Å². The minimum atomic E-state index is -0.262. The highest BCUT2D eigenvalue weighted by Gasteiger charge is 2.31. The minimum absolute atomic E-state index is 0.260. The molecule has 0 N–H and O–H groups in total. The van der Waals surface area contributed by atoms with Crippen molar-refractivity contribution < 1.29 is 9.63 Å². The van der Waals surface area contributed by atoms with E-state index in [1.165, 1.54) is 5.01 Å². The summed E-state index contributed by atoms with van der Waals surface area (Å²) in [6.07, 6.45) is 0. The van der Waals surface area contributed by atoms with Crippen molar-refractivity contribution in [1.82, 2.24) is 0 Å². The Bertz CT molecular complexity index is 480. The van der Waals surface area contributed by atoms with Gasteiger partial charge < -0.3 is 4.84 Å². The van der Waals surface area contributed by atoms with Crippen LogP contribution in [0.15, 0.2) is 40.6 Å². The lowest BCUT2D eigenvalue weighted by atomic mass is 10.2. The highest BCUT2D eigenvalue weighted by Crippen LogP contribution is 2.18. The van der Waals surface area contributed by atoms with Crippen molar-refractivity contribution in [2.24, 2.45) is 10.3 Å². The quantitative estimate of drug-likeness (QED) is 0.745. The molecule has 1 aliphatic rings. The Labute approximate surface area is 99.4 Å². The number of rotatable bonds is 3. The molecule has 1 aliphatic heterocycles. The highest BCUT2D eigenvalue weighted by molar-refractivity contribution is 6.71. The number of oxime groups is 1. The van der Waals surface area contributed by atoms with E-state index in [-0.39, 0.29) is 11.6 Å². The van der Waals surface area contributed by atoms with Crippen LogP contribution in [0.3, 0.4) is 0 Å². The number of carbonyl (C=O) groups is 1. The van der Waals surface area contributed by atoms with Crippen LogP contribution in [0.2, 0.25) is 0 Å². The molecule has 0 aromatic heterocycles. The molecule has 1 aromatic carbocycles. The van der Waals surface area contributed by atoms with E-state index in [9.17, 15) is 4.79 Å². The zero-order valence-corrected chi connectivity index (χ0v) is 9.75. The number of nitrogens with zero attached hydrogens (tertiary/aromatic N) is 3. The van der Waals surface area contributed by atoms with Crippen molar-refractivity contribution in [3.63, 3.8) is 0 Å². The van der Waals surface area contributed by atoms with Gasteiger partial charge in [-0.2, -0.15) is 10.1 Å². The maximum Gasteiger partial charge on any atom is 0.302 e. The Morgan fingerprint density at radius 2 is 2.06 bits per heavy atom. The third-order valence-corrected chi connectivity index (χ3v) is 2.27. The molecule has 88 valence electrons. The fraction of sp³-hybridized carbons (Fsp3) is 0.250. The summed E-state index contributed by atoms with van der Waals surface area (Å²) in [5, 5.41) is 9.26. The Morgan fingerprint density at radius 1 is 1.35 bits per heavy atom. The van der Waals surface area contributed by atoms with Crippen molar-refractivity contribution >= 4 is 23.0 Å². The van der Waals surface area contributed by atoms with Crippen LogP contribution >= 0.6 is 0 Å². The minimum Gasteiger partial charge on any atom is -0.395 e. The molecular weight excluding hydrogens is 218 g/mol. The molecule has 0 atom stereocenters. The molecule has 1 heterocycles. The fourth-order valence-corrected chi connectivity index (χ4v) is 1.48. The second-order valence-electron chi connectivity index (χ2n) is 3.50. The van der Waals surface area contributed by atoms with Gasteiger partial charge >= 0.3 is 5.91 Å². The van der Waals surface area contributed by atoms with Gasteiger partial charge in [0.2, 0.25) is 0 Å². The molecule has 1 aromatic rings. The summed E-state index contributed by atoms with van der Waals surface area (Å²) in [5.41, 5.74) is 1.54. The van der Waals surface area contributed by atoms with Crippen molar-refractivity contribution in [1.29, 1.82) is 0 Å². The standard InChI is InChI=1S/C12H13N3O2/c1-3-17-14-11-9(2)13-15(12(11)16)10-7-5-4-6-8-10/h4-8H,3H2,1-2H3. The van der Waals surface area contributed by atoms with E-state index in [4.69, 9.17) is 4.84 Å². The van der Waals surface area contributed by atoms with Crippen molar-refractivity contribution in [3.05, 3.63) is 30.3 Å². The SMILES string of the molecule is CCON=C1C(=O)N(c2ccccc2)N=C1C. The summed E-state index contributed by atoms with van der Waals surface area (Å²) < 4.78 is 0. The molecule has 5 heteroatoms. The Morgan fingerprint density at radius 3 is 2.71 bits per heavy atom. The summed E-state index contributed by atoms with van der Waals surface area (Å²) in [6.45, 7) is 3.97. The first-order valence-corrected chi connectivity index (χ1v) is 5.39. The number of hydrogen-bond acceptors (Lipinski definition) is 4. The molecule has 17 heavy (non-hydrogen) atoms. The first-order valence-electron chi connectivity index (χ1n) is 5.39. The fourth-order valence-electron chi connectivity index (χ4n) is 1.48. The molecule has 0 saturated heterocycles. The normalized spacial score (nSPS) is 17.5. The lowest BCUT2D eigenvalue weighted by Gasteiger charge is -2.10. The highest BCUT2D eigenvalue weighted by atomic mass is 16.6. The number of amides is 1. The van der Waals surface area contributed by atoms with Crippen LogP contribution in [-0.4, -0.2) is 23.9 Å². The predicted molar refractivity (Wildman–Crippen MR) is 66.1 cm³/mol. The van der Waals surface area contributed by atoms with E-state index >= 15 is 0 Å². The molecule has 0 radical (unpaired) electrons. The number of benzene rings is 1. The van der Waals surface area contributed by atoms with Gasteiger partial charge in [-0.3, -0.25) is 4.79 Å². The van der Waals surface area contributed by atoms with Gasteiger partial charge in [0.1, 0.15) is 6.61 Å². The number of para-hydroxylation sites is 1. The zero-order chi connectivity index (χ0) is 12.3. The third-order valence-electron chi connectivity index (χ3n) is 2.27. The molecule has 5 nitrogen and oxygen atoms in total. The summed E-state index contributed by atoms with van der Waals surface area (Å²) in [6, 6.07) is 9.22. The summed E-state index contributed by atoms with van der Waals surface area (Å²) in [4.78, 5) is 16.9. The molecule has 0 unspecified atom stereocenters. The van der Waals surface area contributed by atoms with Crippen LogP contribution in [0.4, 0.5) is 5.69 Å². The molecule has 2 rings (SSSR count). The lowest BCUT2D eigenvalue weighted by molar-refractivity contribution is -0.112. The largest absolute Gasteiger partial charge is 0.395 e. The molecule has 0 saturated carbocycles. The predicted octanol–water partition coefficient (Wildman–Crippen LogP) is 1.80. The van der Waals surface area contributed by atoms with Gasteiger partial charge in [0.05, 0.1) is 11.4 Å². The van der Waals surface area contributed by atoms with Gasteiger partial charge in [-0.05, 0) is 26.0 Å². The van der Waals surface area contributed by atoms with Crippen molar-refractivity contribution in [2.75, 3.05) is 11.6 Å². The summed E-state index contributed by atoms with van der Waals surface area (Å²) in [7, 11) is 0. The van der Waals surface area contributed by atoms with Crippen LogP contribution in [0.1, 0.15) is 13.8 Å². The average Bonchev–Trinajstić information content (AvgIpc) is 2.64. The molecule has 0 bridgehead atoms. The maximum absolute atomic E-state index is 12.0. The van der Waals surface area contributed by atoms with Gasteiger partial charge in [0.25, 0.3) is 0 Å². The van der Waals surface area contributed by atoms with Gasteiger partial charge in [-0.15, -0.1) is 0 Å². The Hall–Kier alpha value is -2.17. The van der Waals surface area contributed by atoms with E-state index in [0.29, 0.717) is 12.3 Å². The van der Waals surface area contributed by atoms with Crippen LogP contribution in [-0.2, 0) is 9.63 Å². The first-order chi connectivity index (χ1) is 8.24. The van der Waals surface area contributed by atoms with Crippen molar-refractivity contribution in [2.45, 2.75) is 13.8 Å². The second-order valence-corrected chi connectivity index (χ2v) is 3.50. The lowest BCUT2D eigenvalue weighted by Crippen LogP contribution is -2.27. The Kier molecular flexibility index (Phi) is 3.18. The number of hydrazone groups is 1. The van der Waals surface area contributed by atoms with E-state index in [2.05, 4.69) is 10.3 Å². The number of carbonyl (C=O) groups excluding carboxylic acids is 1. The summed E-state index contributed by atoms with van der Waals surface area (Å²) >= 11 is 0. The number of anilines is 1. The topological polar surface area (TPSA) is 54.3 Å². The van der Waals surface area contributed by atoms with Gasteiger partial charge in [-0.1, -0.05) is 23.4 Å². The van der Waals surface area contributed by atoms with Gasteiger partial charge in [0, 0.05) is 0 Å². The Balaban J connectivity index is 2.28. The monoisotopic (exact) mass is 231 g/mol. The molecule has 0 fully saturated rings. The van der Waals surface area contributed by atoms with Gasteiger partial charge in [0.15, 0.2) is 5.71 Å². The van der Waals surface area contributed by atoms with Crippen LogP contribution in [0.25, 0.3) is 0 Å². The molecule has 1 amide bonds. The van der Waals surface area contributed by atoms with E-state index < -0.39 is 0 Å². The molecule has 0 aliphatic carbocycles. The van der Waals surface area contributed by atoms with Crippen LogP contribution in [0.5, 0.6) is 0 Å². The van der Waals surface area contributed by atoms with Crippen LogP contribution < -0.4 is 5.01 Å². The third kappa shape index (κ3) is 2.18. The van der Waals surface area contributed by atoms with E-state index in [1.54, 1.807) is 6.92 Å². The van der Waals surface area contributed by atoms with Gasteiger partial charge in [-0.25, -0.2) is 0 Å². The second kappa shape index (κ2) is 4.78.